The summed E-state index contributed by atoms with van der Waals surface area (Å²) in [5, 5.41) is 0. The van der Waals surface area contributed by atoms with Gasteiger partial charge in [-0.25, -0.2) is 0 Å². The Labute approximate surface area is 209 Å². The first kappa shape index (κ1) is 25.1. The molecule has 1 aromatic carbocycles. The number of benzene rings is 1. The zero-order valence-electron chi connectivity index (χ0n) is 21.0. The molecule has 9 nitrogen and oxygen atoms in total. The Bertz CT molecular complexity index is 1280. The van der Waals surface area contributed by atoms with Gasteiger partial charge in [0, 0.05) is 44.9 Å². The van der Waals surface area contributed by atoms with E-state index in [0.29, 0.717) is 42.3 Å². The monoisotopic (exact) mass is 493 g/mol. The largest absolute Gasteiger partial charge is 0.496 e. The van der Waals surface area contributed by atoms with Gasteiger partial charge in [0.05, 0.1) is 19.4 Å². The van der Waals surface area contributed by atoms with Crippen LogP contribution in [0.3, 0.4) is 0 Å². The molecule has 3 heterocycles. The second kappa shape index (κ2) is 10.7. The summed E-state index contributed by atoms with van der Waals surface area (Å²) in [5.41, 5.74) is 1.71. The van der Waals surface area contributed by atoms with Gasteiger partial charge in [-0.05, 0) is 38.1 Å². The molecule has 2 aromatic heterocycles. The maximum Gasteiger partial charge on any atom is 0.260 e. The van der Waals surface area contributed by atoms with Crippen LogP contribution in [0.5, 0.6) is 11.5 Å². The zero-order valence-corrected chi connectivity index (χ0v) is 21.0. The molecule has 9 heteroatoms. The highest BCUT2D eigenvalue weighted by Crippen LogP contribution is 2.28. The zero-order chi connectivity index (χ0) is 25.8. The molecular weight excluding hydrogens is 462 g/mol. The van der Waals surface area contributed by atoms with Crippen LogP contribution in [0.1, 0.15) is 40.3 Å². The number of carbonyl (C=O) groups excluding carboxylic acids is 2. The van der Waals surface area contributed by atoms with Crippen LogP contribution in [0.4, 0.5) is 0 Å². The number of rotatable bonds is 7. The second-order valence-corrected chi connectivity index (χ2v) is 8.86. The molecule has 4 rings (SSSR count). The molecule has 1 aliphatic heterocycles. The number of fused-ring (bicyclic) bond motifs is 1. The number of aryl methyl sites for hydroxylation is 1. The quantitative estimate of drug-likeness (QED) is 0.502. The van der Waals surface area contributed by atoms with Gasteiger partial charge >= 0.3 is 0 Å². The van der Waals surface area contributed by atoms with E-state index in [1.54, 1.807) is 33.7 Å². The third-order valence-corrected chi connectivity index (χ3v) is 6.62. The van der Waals surface area contributed by atoms with Crippen LogP contribution in [-0.4, -0.2) is 60.0 Å². The highest BCUT2D eigenvalue weighted by molar-refractivity contribution is 5.98. The molecule has 3 aromatic rings. The number of methoxy groups -OCH3 is 1. The summed E-state index contributed by atoms with van der Waals surface area (Å²) in [6, 6.07) is 12.1. The van der Waals surface area contributed by atoms with E-state index in [2.05, 4.69) is 0 Å². The molecule has 0 fully saturated rings. The molecule has 1 unspecified atom stereocenters. The van der Waals surface area contributed by atoms with E-state index in [-0.39, 0.29) is 42.3 Å². The molecular formula is C27H31N3O6. The minimum atomic E-state index is -0.326. The molecule has 1 aliphatic rings. The fourth-order valence-electron chi connectivity index (χ4n) is 4.33. The number of nitrogens with zero attached hydrogens (tertiary/aromatic N) is 3. The van der Waals surface area contributed by atoms with Crippen molar-refractivity contribution in [1.82, 2.24) is 14.4 Å². The van der Waals surface area contributed by atoms with Gasteiger partial charge in [0.25, 0.3) is 17.4 Å². The van der Waals surface area contributed by atoms with Gasteiger partial charge in [0.15, 0.2) is 6.61 Å². The Morgan fingerprint density at radius 2 is 1.89 bits per heavy atom. The lowest BCUT2D eigenvalue weighted by Crippen LogP contribution is -2.37. The predicted molar refractivity (Wildman–Crippen MR) is 133 cm³/mol. The molecule has 0 bridgehead atoms. The van der Waals surface area contributed by atoms with Crippen molar-refractivity contribution in [1.29, 1.82) is 0 Å². The number of pyridine rings is 1. The average Bonchev–Trinajstić information content (AvgIpc) is 3.33. The maximum atomic E-state index is 13.6. The molecule has 36 heavy (non-hydrogen) atoms. The summed E-state index contributed by atoms with van der Waals surface area (Å²) >= 11 is 0. The minimum Gasteiger partial charge on any atom is -0.496 e. The molecule has 0 N–H and O–H groups in total. The third-order valence-electron chi connectivity index (χ3n) is 6.62. The van der Waals surface area contributed by atoms with Crippen molar-refractivity contribution in [2.24, 2.45) is 0 Å². The molecule has 2 amide bonds. The van der Waals surface area contributed by atoms with E-state index in [1.807, 2.05) is 44.2 Å². The number of aromatic nitrogens is 1. The number of hydrogen-bond acceptors (Lipinski definition) is 6. The summed E-state index contributed by atoms with van der Waals surface area (Å²) in [4.78, 5) is 42.7. The van der Waals surface area contributed by atoms with Crippen molar-refractivity contribution in [3.8, 4) is 11.5 Å². The van der Waals surface area contributed by atoms with Gasteiger partial charge in [-0.3, -0.25) is 14.4 Å². The number of furan rings is 1. The average molecular weight is 494 g/mol. The van der Waals surface area contributed by atoms with Crippen LogP contribution in [0, 0.1) is 6.92 Å². The van der Waals surface area contributed by atoms with Gasteiger partial charge in [0.1, 0.15) is 22.8 Å². The second-order valence-electron chi connectivity index (χ2n) is 8.86. The molecule has 1 atom stereocenters. The highest BCUT2D eigenvalue weighted by Gasteiger charge is 2.30. The molecule has 0 radical (unpaired) electrons. The van der Waals surface area contributed by atoms with Gasteiger partial charge in [-0.2, -0.15) is 0 Å². The van der Waals surface area contributed by atoms with Crippen LogP contribution in [0.2, 0.25) is 0 Å². The van der Waals surface area contributed by atoms with Crippen molar-refractivity contribution >= 4 is 11.8 Å². The maximum absolute atomic E-state index is 13.6. The van der Waals surface area contributed by atoms with Crippen molar-refractivity contribution in [2.75, 3.05) is 33.9 Å². The van der Waals surface area contributed by atoms with E-state index < -0.39 is 0 Å². The van der Waals surface area contributed by atoms with Crippen molar-refractivity contribution in [3.05, 3.63) is 81.7 Å². The fraction of sp³-hybridized carbons (Fsp3) is 0.370. The SMILES string of the molecule is COc1cc(=O)n2c(c1C(=O)N(C)C(C)c1ccco1)CCN(C(=O)COc1ccc(C)cc1)CC2. The smallest absolute Gasteiger partial charge is 0.260 e. The number of carbonyl (C=O) groups is 2. The molecule has 0 saturated heterocycles. The molecule has 0 aliphatic carbocycles. The first-order chi connectivity index (χ1) is 17.3. The first-order valence-corrected chi connectivity index (χ1v) is 11.9. The Balaban J connectivity index is 1.55. The Hall–Kier alpha value is -4.01. The van der Waals surface area contributed by atoms with Crippen molar-refractivity contribution < 1.29 is 23.5 Å². The van der Waals surface area contributed by atoms with Crippen molar-refractivity contribution in [2.45, 2.75) is 32.9 Å². The Kier molecular flexibility index (Phi) is 7.47. The topological polar surface area (TPSA) is 94.2 Å². The molecule has 0 saturated carbocycles. The Morgan fingerprint density at radius 1 is 1.14 bits per heavy atom. The third kappa shape index (κ3) is 5.15. The highest BCUT2D eigenvalue weighted by atomic mass is 16.5. The van der Waals surface area contributed by atoms with Gasteiger partial charge < -0.3 is 28.3 Å². The fourth-order valence-corrected chi connectivity index (χ4v) is 4.33. The summed E-state index contributed by atoms with van der Waals surface area (Å²) in [6.45, 7) is 4.70. The lowest BCUT2D eigenvalue weighted by atomic mass is 10.1. The number of hydrogen-bond donors (Lipinski definition) is 0. The minimum absolute atomic E-state index is 0.104. The van der Waals surface area contributed by atoms with Gasteiger partial charge in [-0.15, -0.1) is 0 Å². The van der Waals surface area contributed by atoms with Gasteiger partial charge in [0.2, 0.25) is 0 Å². The Morgan fingerprint density at radius 3 is 2.56 bits per heavy atom. The number of amides is 2. The lowest BCUT2D eigenvalue weighted by molar-refractivity contribution is -0.133. The van der Waals surface area contributed by atoms with E-state index in [4.69, 9.17) is 13.9 Å². The van der Waals surface area contributed by atoms with Gasteiger partial charge in [-0.1, -0.05) is 17.7 Å². The normalized spacial score (nSPS) is 13.9. The predicted octanol–water partition coefficient (Wildman–Crippen LogP) is 3.06. The van der Waals surface area contributed by atoms with E-state index in [9.17, 15) is 14.4 Å². The van der Waals surface area contributed by atoms with E-state index in [1.165, 1.54) is 13.2 Å². The number of ether oxygens (including phenoxy) is 2. The summed E-state index contributed by atoms with van der Waals surface area (Å²) in [7, 11) is 3.12. The van der Waals surface area contributed by atoms with E-state index in [0.717, 1.165) is 5.56 Å². The summed E-state index contributed by atoms with van der Waals surface area (Å²) in [6.07, 6.45) is 1.89. The van der Waals surface area contributed by atoms with E-state index >= 15 is 0 Å². The molecule has 190 valence electrons. The standard InChI is InChI=1S/C27H31N3O6/c1-18-7-9-20(10-8-18)36-17-25(32)29-12-11-21-26(23(34-4)16-24(31)30(21)14-13-29)27(33)28(3)19(2)22-6-5-15-35-22/h5-10,15-16,19H,11-14,17H2,1-4H3. The summed E-state index contributed by atoms with van der Waals surface area (Å²) in [5.74, 6) is 1.02. The van der Waals surface area contributed by atoms with Crippen LogP contribution in [-0.2, 0) is 17.8 Å². The van der Waals surface area contributed by atoms with Crippen LogP contribution in [0.15, 0.2) is 57.9 Å². The van der Waals surface area contributed by atoms with Crippen LogP contribution in [0.25, 0.3) is 0 Å². The lowest BCUT2D eigenvalue weighted by Gasteiger charge is -2.26. The van der Waals surface area contributed by atoms with Crippen LogP contribution < -0.4 is 15.0 Å². The van der Waals surface area contributed by atoms with Crippen molar-refractivity contribution in [3.63, 3.8) is 0 Å². The first-order valence-electron chi connectivity index (χ1n) is 11.9. The van der Waals surface area contributed by atoms with Crippen LogP contribution >= 0.6 is 0 Å². The summed E-state index contributed by atoms with van der Waals surface area (Å²) < 4.78 is 18.2. The molecule has 0 spiro atoms.